The Morgan fingerprint density at radius 2 is 2.29 bits per heavy atom. The second kappa shape index (κ2) is 6.43. The second-order valence-electron chi connectivity index (χ2n) is 5.44. The van der Waals surface area contributed by atoms with E-state index in [9.17, 15) is 9.59 Å². The van der Waals surface area contributed by atoms with Gasteiger partial charge in [0.25, 0.3) is 0 Å². The second-order valence-corrected chi connectivity index (χ2v) is 6.33. The number of thiazole rings is 1. The number of carboxylic acids is 1. The Morgan fingerprint density at radius 3 is 2.86 bits per heavy atom. The first kappa shape index (κ1) is 15.8. The van der Waals surface area contributed by atoms with Crippen LogP contribution in [-0.2, 0) is 0 Å². The van der Waals surface area contributed by atoms with E-state index < -0.39 is 5.97 Å². The summed E-state index contributed by atoms with van der Waals surface area (Å²) in [6, 6.07) is 0.151. The first-order valence-corrected chi connectivity index (χ1v) is 8.09. The number of likely N-dealkylation sites (tertiary alicyclic amines) is 1. The topological polar surface area (TPSA) is 82.5 Å². The van der Waals surface area contributed by atoms with Crippen molar-refractivity contribution in [3.8, 4) is 0 Å². The Bertz CT molecular complexity index is 531. The molecule has 0 bridgehead atoms. The number of nitrogens with zero attached hydrogens (tertiary/aromatic N) is 2. The average Bonchev–Trinajstić information content (AvgIpc) is 3.04. The van der Waals surface area contributed by atoms with E-state index in [0.29, 0.717) is 5.01 Å². The fraction of sp³-hybridized carbons (Fsp3) is 0.643. The van der Waals surface area contributed by atoms with Crippen molar-refractivity contribution in [2.75, 3.05) is 0 Å². The summed E-state index contributed by atoms with van der Waals surface area (Å²) in [7, 11) is 0. The number of hydrogen-bond acceptors (Lipinski definition) is 4. The van der Waals surface area contributed by atoms with Gasteiger partial charge >= 0.3 is 12.0 Å². The molecular weight excluding hydrogens is 290 g/mol. The molecule has 2 rings (SSSR count). The van der Waals surface area contributed by atoms with Gasteiger partial charge in [-0.1, -0.05) is 6.92 Å². The third-order valence-corrected chi connectivity index (χ3v) is 4.97. The third kappa shape index (κ3) is 3.34. The maximum atomic E-state index is 12.4. The maximum absolute atomic E-state index is 12.4. The van der Waals surface area contributed by atoms with E-state index in [-0.39, 0.29) is 29.9 Å². The minimum absolute atomic E-state index is 0.0251. The molecule has 2 N–H and O–H groups in total. The highest BCUT2D eigenvalue weighted by atomic mass is 32.1. The lowest BCUT2D eigenvalue weighted by Crippen LogP contribution is -2.46. The van der Waals surface area contributed by atoms with Gasteiger partial charge in [-0.3, -0.25) is 0 Å². The number of carboxylic acid groups (broad SMARTS) is 1. The van der Waals surface area contributed by atoms with E-state index in [1.165, 1.54) is 16.7 Å². The van der Waals surface area contributed by atoms with Gasteiger partial charge in [0.05, 0.1) is 6.04 Å². The Balaban J connectivity index is 2.02. The fourth-order valence-electron chi connectivity index (χ4n) is 2.74. The van der Waals surface area contributed by atoms with Gasteiger partial charge in [-0.25, -0.2) is 14.6 Å². The van der Waals surface area contributed by atoms with Crippen molar-refractivity contribution < 1.29 is 14.7 Å². The molecule has 116 valence electrons. The highest BCUT2D eigenvalue weighted by Gasteiger charge is 2.33. The van der Waals surface area contributed by atoms with Gasteiger partial charge in [0.2, 0.25) is 0 Å². The van der Waals surface area contributed by atoms with Crippen LogP contribution in [0.3, 0.4) is 0 Å². The van der Waals surface area contributed by atoms with Crippen LogP contribution in [0.4, 0.5) is 4.79 Å². The Morgan fingerprint density at radius 1 is 1.57 bits per heavy atom. The summed E-state index contributed by atoms with van der Waals surface area (Å²) in [6.45, 7) is 5.97. The van der Waals surface area contributed by atoms with Crippen LogP contribution >= 0.6 is 11.3 Å². The van der Waals surface area contributed by atoms with Crippen molar-refractivity contribution in [1.82, 2.24) is 15.2 Å². The van der Waals surface area contributed by atoms with Crippen molar-refractivity contribution in [3.63, 3.8) is 0 Å². The number of carbonyl (C=O) groups is 2. The van der Waals surface area contributed by atoms with Gasteiger partial charge in [0, 0.05) is 17.5 Å². The van der Waals surface area contributed by atoms with Gasteiger partial charge in [-0.2, -0.15) is 0 Å². The predicted octanol–water partition coefficient (Wildman–Crippen LogP) is 2.87. The van der Waals surface area contributed by atoms with Crippen LogP contribution < -0.4 is 5.32 Å². The van der Waals surface area contributed by atoms with Crippen molar-refractivity contribution in [2.45, 2.75) is 58.2 Å². The normalized spacial score (nSPS) is 23.1. The number of carbonyl (C=O) groups excluding carboxylic acids is 1. The van der Waals surface area contributed by atoms with E-state index in [0.717, 1.165) is 19.3 Å². The van der Waals surface area contributed by atoms with Crippen LogP contribution in [0.5, 0.6) is 0 Å². The Hall–Kier alpha value is -1.63. The SMILES string of the molecule is CCC1CCC(C)N1C(=O)NC(C)c1nc(C(=O)O)cs1. The van der Waals surface area contributed by atoms with Gasteiger partial charge in [0.1, 0.15) is 5.01 Å². The molecule has 1 aliphatic rings. The van der Waals surface area contributed by atoms with E-state index in [2.05, 4.69) is 24.1 Å². The predicted molar refractivity (Wildman–Crippen MR) is 80.6 cm³/mol. The van der Waals surface area contributed by atoms with Gasteiger partial charge in [-0.15, -0.1) is 11.3 Å². The summed E-state index contributed by atoms with van der Waals surface area (Å²) < 4.78 is 0. The molecule has 1 saturated heterocycles. The molecule has 6 nitrogen and oxygen atoms in total. The number of amides is 2. The summed E-state index contributed by atoms with van der Waals surface area (Å²) >= 11 is 1.25. The van der Waals surface area contributed by atoms with Gasteiger partial charge in [0.15, 0.2) is 5.69 Å². The van der Waals surface area contributed by atoms with Gasteiger partial charge in [-0.05, 0) is 33.1 Å². The molecule has 1 aliphatic heterocycles. The largest absolute Gasteiger partial charge is 0.476 e. The molecule has 0 saturated carbocycles. The molecule has 1 aromatic heterocycles. The molecule has 21 heavy (non-hydrogen) atoms. The lowest BCUT2D eigenvalue weighted by Gasteiger charge is -2.29. The van der Waals surface area contributed by atoms with Crippen molar-refractivity contribution in [2.24, 2.45) is 0 Å². The van der Waals surface area contributed by atoms with E-state index >= 15 is 0 Å². The number of urea groups is 1. The van der Waals surface area contributed by atoms with Crippen LogP contribution in [0, 0.1) is 0 Å². The maximum Gasteiger partial charge on any atom is 0.355 e. The summed E-state index contributed by atoms with van der Waals surface area (Å²) in [5.74, 6) is -1.05. The standard InChI is InChI=1S/C14H21N3O3S/c1-4-10-6-5-8(2)17(10)14(20)15-9(3)12-16-11(7-21-12)13(18)19/h7-10H,4-6H2,1-3H3,(H,15,20)(H,18,19). The molecule has 7 heteroatoms. The smallest absolute Gasteiger partial charge is 0.355 e. The summed E-state index contributed by atoms with van der Waals surface area (Å²) in [4.78, 5) is 29.2. The van der Waals surface area contributed by atoms with E-state index in [4.69, 9.17) is 5.11 Å². The zero-order valence-corrected chi connectivity index (χ0v) is 13.3. The Kier molecular flexibility index (Phi) is 4.82. The van der Waals surface area contributed by atoms with Crippen LogP contribution in [-0.4, -0.2) is 39.1 Å². The molecule has 0 spiro atoms. The zero-order valence-electron chi connectivity index (χ0n) is 12.5. The monoisotopic (exact) mass is 311 g/mol. The molecule has 0 aromatic carbocycles. The number of nitrogens with one attached hydrogen (secondary N) is 1. The quantitative estimate of drug-likeness (QED) is 0.895. The lowest BCUT2D eigenvalue weighted by molar-refractivity contribution is 0.0691. The summed E-state index contributed by atoms with van der Waals surface area (Å²) in [5.41, 5.74) is 0.0251. The molecule has 0 aliphatic carbocycles. The number of rotatable bonds is 4. The molecule has 3 atom stereocenters. The highest BCUT2D eigenvalue weighted by molar-refractivity contribution is 7.09. The minimum atomic E-state index is -1.05. The average molecular weight is 311 g/mol. The van der Waals surface area contributed by atoms with Crippen molar-refractivity contribution >= 4 is 23.3 Å². The van der Waals surface area contributed by atoms with E-state index in [1.54, 1.807) is 0 Å². The number of aromatic nitrogens is 1. The molecule has 0 radical (unpaired) electrons. The van der Waals surface area contributed by atoms with Crippen LogP contribution in [0.1, 0.15) is 61.6 Å². The summed E-state index contributed by atoms with van der Waals surface area (Å²) in [5, 5.41) is 13.9. The first-order chi connectivity index (χ1) is 9.93. The van der Waals surface area contributed by atoms with Gasteiger partial charge < -0.3 is 15.3 Å². The van der Waals surface area contributed by atoms with E-state index in [1.807, 2.05) is 11.8 Å². The molecule has 2 heterocycles. The summed E-state index contributed by atoms with van der Waals surface area (Å²) in [6.07, 6.45) is 3.02. The third-order valence-electron chi connectivity index (χ3n) is 3.94. The molecule has 3 unspecified atom stereocenters. The van der Waals surface area contributed by atoms with Crippen molar-refractivity contribution in [1.29, 1.82) is 0 Å². The fourth-order valence-corrected chi connectivity index (χ4v) is 3.54. The number of hydrogen-bond donors (Lipinski definition) is 2. The molecular formula is C14H21N3O3S. The lowest BCUT2D eigenvalue weighted by atomic mass is 10.2. The molecule has 2 amide bonds. The van der Waals surface area contributed by atoms with Crippen molar-refractivity contribution in [3.05, 3.63) is 16.1 Å². The van der Waals surface area contributed by atoms with Crippen LogP contribution in [0.15, 0.2) is 5.38 Å². The number of aromatic carboxylic acids is 1. The van der Waals surface area contributed by atoms with Crippen LogP contribution in [0.25, 0.3) is 0 Å². The Labute approximate surface area is 128 Å². The van der Waals surface area contributed by atoms with Crippen LogP contribution in [0.2, 0.25) is 0 Å². The first-order valence-electron chi connectivity index (χ1n) is 7.21. The highest BCUT2D eigenvalue weighted by Crippen LogP contribution is 2.27. The molecule has 1 aromatic rings. The zero-order chi connectivity index (χ0) is 15.6. The molecule has 1 fully saturated rings. The minimum Gasteiger partial charge on any atom is -0.476 e.